The first-order chi connectivity index (χ1) is 13.8. The fourth-order valence-corrected chi connectivity index (χ4v) is 3.54. The third-order valence-electron chi connectivity index (χ3n) is 5.10. The van der Waals surface area contributed by atoms with Gasteiger partial charge < -0.3 is 15.4 Å². The van der Waals surface area contributed by atoms with E-state index in [1.807, 2.05) is 48.5 Å². The highest BCUT2D eigenvalue weighted by Gasteiger charge is 2.16. The largest absolute Gasteiger partial charge is 0.497 e. The molecule has 0 spiro atoms. The Morgan fingerprint density at radius 2 is 1.64 bits per heavy atom. The lowest BCUT2D eigenvalue weighted by Gasteiger charge is -2.15. The molecule has 0 unspecified atom stereocenters. The molecule has 5 nitrogen and oxygen atoms in total. The van der Waals surface area contributed by atoms with Crippen LogP contribution in [0.15, 0.2) is 60.7 Å². The van der Waals surface area contributed by atoms with Gasteiger partial charge in [0.15, 0.2) is 5.82 Å². The van der Waals surface area contributed by atoms with Crippen molar-refractivity contribution >= 4 is 11.6 Å². The Labute approximate surface area is 166 Å². The van der Waals surface area contributed by atoms with Crippen LogP contribution >= 0.6 is 0 Å². The Morgan fingerprint density at radius 3 is 2.36 bits per heavy atom. The fraction of sp³-hybridized carbons (Fsp3) is 0.304. The second kappa shape index (κ2) is 8.74. The third kappa shape index (κ3) is 4.60. The van der Waals surface area contributed by atoms with Crippen LogP contribution in [-0.4, -0.2) is 23.1 Å². The standard InChI is InChI=1S/C23H26N4O/c1-28-20-13-11-17(12-14-20)16-24-21-15-22(25-19-9-5-6-10-19)27-23(26-21)18-7-3-2-4-8-18/h2-4,7-8,11-15,19H,5-6,9-10,16H2,1H3,(H2,24,25,26,27). The molecule has 1 fully saturated rings. The van der Waals surface area contributed by atoms with Crippen LogP contribution in [0.3, 0.4) is 0 Å². The van der Waals surface area contributed by atoms with Crippen LogP contribution in [0.5, 0.6) is 5.75 Å². The van der Waals surface area contributed by atoms with Gasteiger partial charge in [-0.3, -0.25) is 0 Å². The minimum Gasteiger partial charge on any atom is -0.497 e. The van der Waals surface area contributed by atoms with Crippen molar-refractivity contribution in [3.63, 3.8) is 0 Å². The van der Waals surface area contributed by atoms with Gasteiger partial charge in [-0.2, -0.15) is 0 Å². The zero-order valence-electron chi connectivity index (χ0n) is 16.2. The van der Waals surface area contributed by atoms with Crippen LogP contribution in [0.4, 0.5) is 11.6 Å². The van der Waals surface area contributed by atoms with E-state index in [1.165, 1.54) is 31.2 Å². The highest BCUT2D eigenvalue weighted by Crippen LogP contribution is 2.25. The average Bonchev–Trinajstić information content (AvgIpc) is 3.26. The summed E-state index contributed by atoms with van der Waals surface area (Å²) in [6.07, 6.45) is 4.99. The van der Waals surface area contributed by atoms with Crippen molar-refractivity contribution in [1.82, 2.24) is 9.97 Å². The van der Waals surface area contributed by atoms with E-state index in [1.54, 1.807) is 7.11 Å². The van der Waals surface area contributed by atoms with Gasteiger partial charge in [0, 0.05) is 24.2 Å². The molecule has 3 aromatic rings. The number of hydrogen-bond acceptors (Lipinski definition) is 5. The smallest absolute Gasteiger partial charge is 0.163 e. The number of hydrogen-bond donors (Lipinski definition) is 2. The van der Waals surface area contributed by atoms with Gasteiger partial charge in [0.05, 0.1) is 7.11 Å². The fourth-order valence-electron chi connectivity index (χ4n) is 3.54. The average molecular weight is 374 g/mol. The van der Waals surface area contributed by atoms with E-state index in [-0.39, 0.29) is 0 Å². The number of nitrogens with one attached hydrogen (secondary N) is 2. The molecule has 144 valence electrons. The Kier molecular flexibility index (Phi) is 5.71. The van der Waals surface area contributed by atoms with Gasteiger partial charge >= 0.3 is 0 Å². The van der Waals surface area contributed by atoms with Crippen LogP contribution in [0.1, 0.15) is 31.2 Å². The maximum Gasteiger partial charge on any atom is 0.163 e. The summed E-state index contributed by atoms with van der Waals surface area (Å²) in [5.74, 6) is 3.31. The predicted molar refractivity (Wildman–Crippen MR) is 114 cm³/mol. The molecular weight excluding hydrogens is 348 g/mol. The number of aromatic nitrogens is 2. The number of rotatable bonds is 7. The molecule has 0 aliphatic heterocycles. The molecule has 1 heterocycles. The minimum absolute atomic E-state index is 0.507. The molecule has 1 aromatic heterocycles. The van der Waals surface area contributed by atoms with Crippen molar-refractivity contribution in [3.8, 4) is 17.1 Å². The van der Waals surface area contributed by atoms with Crippen molar-refractivity contribution in [1.29, 1.82) is 0 Å². The van der Waals surface area contributed by atoms with Crippen molar-refractivity contribution in [2.45, 2.75) is 38.3 Å². The predicted octanol–water partition coefficient (Wildman–Crippen LogP) is 5.12. The van der Waals surface area contributed by atoms with E-state index in [0.717, 1.165) is 28.8 Å². The van der Waals surface area contributed by atoms with Crippen LogP contribution < -0.4 is 15.4 Å². The molecule has 1 aliphatic rings. The number of anilines is 2. The maximum atomic E-state index is 5.23. The number of methoxy groups -OCH3 is 1. The van der Waals surface area contributed by atoms with Crippen molar-refractivity contribution in [2.24, 2.45) is 0 Å². The molecule has 2 aromatic carbocycles. The van der Waals surface area contributed by atoms with Crippen LogP contribution in [0.25, 0.3) is 11.4 Å². The van der Waals surface area contributed by atoms with Crippen molar-refractivity contribution in [3.05, 3.63) is 66.2 Å². The lowest BCUT2D eigenvalue weighted by Crippen LogP contribution is -2.16. The lowest BCUT2D eigenvalue weighted by atomic mass is 10.2. The highest BCUT2D eigenvalue weighted by molar-refractivity contribution is 5.61. The molecule has 28 heavy (non-hydrogen) atoms. The van der Waals surface area contributed by atoms with Crippen LogP contribution in [0, 0.1) is 0 Å². The van der Waals surface area contributed by atoms with Gasteiger partial charge in [-0.15, -0.1) is 0 Å². The van der Waals surface area contributed by atoms with Gasteiger partial charge in [0.2, 0.25) is 0 Å². The van der Waals surface area contributed by atoms with Crippen LogP contribution in [0.2, 0.25) is 0 Å². The second-order valence-corrected chi connectivity index (χ2v) is 7.16. The molecule has 0 atom stereocenters. The van der Waals surface area contributed by atoms with Gasteiger partial charge in [0.1, 0.15) is 17.4 Å². The maximum absolute atomic E-state index is 5.23. The summed E-state index contributed by atoms with van der Waals surface area (Å²) in [5.41, 5.74) is 2.19. The molecule has 0 saturated heterocycles. The molecule has 1 saturated carbocycles. The Hall–Kier alpha value is -3.08. The quantitative estimate of drug-likeness (QED) is 0.601. The number of ether oxygens (including phenoxy) is 1. The molecule has 0 radical (unpaired) electrons. The molecule has 2 N–H and O–H groups in total. The normalized spacial score (nSPS) is 14.0. The van der Waals surface area contributed by atoms with Crippen LogP contribution in [-0.2, 0) is 6.54 Å². The van der Waals surface area contributed by atoms with E-state index in [4.69, 9.17) is 14.7 Å². The molecule has 5 heteroatoms. The summed E-state index contributed by atoms with van der Waals surface area (Å²) in [7, 11) is 1.68. The minimum atomic E-state index is 0.507. The number of nitrogens with zero attached hydrogens (tertiary/aromatic N) is 2. The topological polar surface area (TPSA) is 59.1 Å². The first-order valence-corrected chi connectivity index (χ1v) is 9.88. The van der Waals surface area contributed by atoms with Gasteiger partial charge in [-0.05, 0) is 30.5 Å². The zero-order valence-corrected chi connectivity index (χ0v) is 16.2. The monoisotopic (exact) mass is 374 g/mol. The van der Waals surface area contributed by atoms with E-state index in [9.17, 15) is 0 Å². The molecule has 0 bridgehead atoms. The third-order valence-corrected chi connectivity index (χ3v) is 5.10. The van der Waals surface area contributed by atoms with E-state index in [2.05, 4.69) is 22.8 Å². The summed E-state index contributed by atoms with van der Waals surface area (Å²) in [5, 5.41) is 7.04. The summed E-state index contributed by atoms with van der Waals surface area (Å²) < 4.78 is 5.23. The molecular formula is C23H26N4O. The molecule has 0 amide bonds. The highest BCUT2D eigenvalue weighted by atomic mass is 16.5. The summed E-state index contributed by atoms with van der Waals surface area (Å²) in [4.78, 5) is 9.51. The SMILES string of the molecule is COc1ccc(CNc2cc(NC3CCCC3)nc(-c3ccccc3)n2)cc1. The first kappa shape index (κ1) is 18.3. The second-order valence-electron chi connectivity index (χ2n) is 7.16. The summed E-state index contributed by atoms with van der Waals surface area (Å²) in [6.45, 7) is 0.693. The van der Waals surface area contributed by atoms with E-state index in [0.29, 0.717) is 12.6 Å². The molecule has 4 rings (SSSR count). The summed E-state index contributed by atoms with van der Waals surface area (Å²) in [6, 6.07) is 20.7. The van der Waals surface area contributed by atoms with Gasteiger partial charge in [0.25, 0.3) is 0 Å². The lowest BCUT2D eigenvalue weighted by molar-refractivity contribution is 0.414. The Bertz CT molecular complexity index is 890. The van der Waals surface area contributed by atoms with Crippen molar-refractivity contribution < 1.29 is 4.74 Å². The summed E-state index contributed by atoms with van der Waals surface area (Å²) >= 11 is 0. The molecule has 1 aliphatic carbocycles. The van der Waals surface area contributed by atoms with Gasteiger partial charge in [-0.25, -0.2) is 9.97 Å². The van der Waals surface area contributed by atoms with E-state index < -0.39 is 0 Å². The first-order valence-electron chi connectivity index (χ1n) is 9.88. The van der Waals surface area contributed by atoms with Gasteiger partial charge in [-0.1, -0.05) is 55.3 Å². The zero-order chi connectivity index (χ0) is 19.2. The Balaban J connectivity index is 1.55. The Morgan fingerprint density at radius 1 is 0.929 bits per heavy atom. The van der Waals surface area contributed by atoms with Crippen molar-refractivity contribution in [2.75, 3.05) is 17.7 Å². The van der Waals surface area contributed by atoms with E-state index >= 15 is 0 Å². The number of benzene rings is 2.